The third-order valence-electron chi connectivity index (χ3n) is 4.99. The molecule has 1 N–H and O–H groups in total. The molecular weight excluding hydrogens is 471 g/mol. The maximum atomic E-state index is 13.0. The quantitative estimate of drug-likeness (QED) is 0.342. The molecule has 1 heterocycles. The van der Waals surface area contributed by atoms with Gasteiger partial charge in [-0.1, -0.05) is 66.4 Å². The van der Waals surface area contributed by atoms with Gasteiger partial charge in [-0.25, -0.2) is 4.39 Å². The molecule has 0 aromatic heterocycles. The number of ether oxygens (including phenoxy) is 1. The molecule has 1 aliphatic rings. The van der Waals surface area contributed by atoms with E-state index in [-0.39, 0.29) is 24.2 Å². The number of hydrogen-bond acceptors (Lipinski definition) is 5. The Bertz CT molecular complexity index is 1230. The molecule has 3 aromatic carbocycles. The fourth-order valence-electron chi connectivity index (χ4n) is 3.30. The van der Waals surface area contributed by atoms with Gasteiger partial charge in [0.1, 0.15) is 15.9 Å². The molecule has 0 atom stereocenters. The number of benzene rings is 3. The van der Waals surface area contributed by atoms with E-state index >= 15 is 0 Å². The predicted octanol–water partition coefficient (Wildman–Crippen LogP) is 5.29. The molecule has 8 heteroatoms. The van der Waals surface area contributed by atoms with E-state index < -0.39 is 0 Å². The Balaban J connectivity index is 1.35. The van der Waals surface area contributed by atoms with Gasteiger partial charge in [0, 0.05) is 12.2 Å². The third kappa shape index (κ3) is 6.30. The second kappa shape index (κ2) is 11.1. The number of thioether (sulfide) groups is 1. The summed E-state index contributed by atoms with van der Waals surface area (Å²) in [6, 6.07) is 22.6. The summed E-state index contributed by atoms with van der Waals surface area (Å²) >= 11 is 6.70. The van der Waals surface area contributed by atoms with Crippen LogP contribution in [-0.4, -0.2) is 34.2 Å². The number of nitrogens with zero attached hydrogens (tertiary/aromatic N) is 1. The number of thiocarbonyl (C=S) groups is 1. The van der Waals surface area contributed by atoms with E-state index in [1.807, 2.05) is 36.4 Å². The molecule has 0 unspecified atom stereocenters. The molecule has 1 saturated heterocycles. The number of nitrogens with one attached hydrogen (secondary N) is 1. The largest absolute Gasteiger partial charge is 0.484 e. The first kappa shape index (κ1) is 23.7. The van der Waals surface area contributed by atoms with Gasteiger partial charge in [-0.2, -0.15) is 0 Å². The minimum Gasteiger partial charge on any atom is -0.484 e. The van der Waals surface area contributed by atoms with Gasteiger partial charge >= 0.3 is 0 Å². The van der Waals surface area contributed by atoms with Crippen LogP contribution in [0.25, 0.3) is 6.08 Å². The molecule has 3 aromatic rings. The molecule has 5 nitrogen and oxygen atoms in total. The lowest BCUT2D eigenvalue weighted by Crippen LogP contribution is -2.30. The zero-order valence-electron chi connectivity index (χ0n) is 18.1. The topological polar surface area (TPSA) is 58.6 Å². The van der Waals surface area contributed by atoms with Crippen molar-refractivity contribution in [1.29, 1.82) is 0 Å². The molecule has 0 bridgehead atoms. The van der Waals surface area contributed by atoms with Crippen molar-refractivity contribution in [3.8, 4) is 5.75 Å². The fourth-order valence-corrected chi connectivity index (χ4v) is 4.61. The van der Waals surface area contributed by atoms with E-state index in [9.17, 15) is 14.0 Å². The standard InChI is InChI=1S/C26H21FN2O3S2/c27-20-9-11-21(12-10-20)28-24(30)17-32-22-8-4-7-19(15-22)16-23-25(31)29(26(33)34-23)14-13-18-5-2-1-3-6-18/h1-12,15-16H,13-14,17H2,(H,28,30)/b23-16-. The van der Waals surface area contributed by atoms with Crippen LogP contribution in [0.15, 0.2) is 83.8 Å². The van der Waals surface area contributed by atoms with Gasteiger partial charge in [0.25, 0.3) is 11.8 Å². The molecule has 1 fully saturated rings. The van der Waals surface area contributed by atoms with Crippen LogP contribution in [0.2, 0.25) is 0 Å². The van der Waals surface area contributed by atoms with Crippen molar-refractivity contribution in [3.63, 3.8) is 0 Å². The highest BCUT2D eigenvalue weighted by Crippen LogP contribution is 2.33. The molecule has 4 rings (SSSR count). The molecule has 0 radical (unpaired) electrons. The summed E-state index contributed by atoms with van der Waals surface area (Å²) in [4.78, 5) is 27.2. The van der Waals surface area contributed by atoms with Gasteiger partial charge in [-0.3, -0.25) is 14.5 Å². The average Bonchev–Trinajstić information content (AvgIpc) is 3.11. The van der Waals surface area contributed by atoms with Crippen molar-refractivity contribution >= 4 is 51.9 Å². The van der Waals surface area contributed by atoms with E-state index in [1.165, 1.54) is 36.0 Å². The van der Waals surface area contributed by atoms with Crippen LogP contribution in [-0.2, 0) is 16.0 Å². The van der Waals surface area contributed by atoms with Gasteiger partial charge in [0.2, 0.25) is 0 Å². The van der Waals surface area contributed by atoms with Crippen molar-refractivity contribution < 1.29 is 18.7 Å². The lowest BCUT2D eigenvalue weighted by molar-refractivity contribution is -0.122. The van der Waals surface area contributed by atoms with Gasteiger partial charge in [0.05, 0.1) is 4.91 Å². The van der Waals surface area contributed by atoms with E-state index in [4.69, 9.17) is 17.0 Å². The van der Waals surface area contributed by atoms with E-state index in [0.717, 1.165) is 17.5 Å². The predicted molar refractivity (Wildman–Crippen MR) is 137 cm³/mol. The summed E-state index contributed by atoms with van der Waals surface area (Å²) in [6.45, 7) is 0.320. The first-order valence-electron chi connectivity index (χ1n) is 10.6. The monoisotopic (exact) mass is 492 g/mol. The normalized spacial score (nSPS) is 14.5. The van der Waals surface area contributed by atoms with Gasteiger partial charge in [-0.05, 0) is 60.0 Å². The Morgan fingerprint density at radius 1 is 1.06 bits per heavy atom. The smallest absolute Gasteiger partial charge is 0.266 e. The summed E-state index contributed by atoms with van der Waals surface area (Å²) < 4.78 is 19.1. The molecule has 0 saturated carbocycles. The van der Waals surface area contributed by atoms with Crippen LogP contribution in [0.5, 0.6) is 5.75 Å². The van der Waals surface area contributed by atoms with Crippen LogP contribution < -0.4 is 10.1 Å². The van der Waals surface area contributed by atoms with E-state index in [0.29, 0.717) is 27.2 Å². The average molecular weight is 493 g/mol. The lowest BCUT2D eigenvalue weighted by Gasteiger charge is -2.14. The summed E-state index contributed by atoms with van der Waals surface area (Å²) in [5, 5.41) is 2.64. The van der Waals surface area contributed by atoms with Gasteiger partial charge < -0.3 is 10.1 Å². The van der Waals surface area contributed by atoms with Crippen LogP contribution in [0.4, 0.5) is 10.1 Å². The zero-order valence-corrected chi connectivity index (χ0v) is 19.7. The van der Waals surface area contributed by atoms with Crippen molar-refractivity contribution in [3.05, 3.63) is 101 Å². The first-order chi connectivity index (χ1) is 16.5. The van der Waals surface area contributed by atoms with Crippen LogP contribution in [0, 0.1) is 5.82 Å². The maximum absolute atomic E-state index is 13.0. The number of halogens is 1. The van der Waals surface area contributed by atoms with Crippen LogP contribution in [0.3, 0.4) is 0 Å². The Morgan fingerprint density at radius 2 is 1.82 bits per heavy atom. The number of anilines is 1. The second-order valence-electron chi connectivity index (χ2n) is 7.49. The third-order valence-corrected chi connectivity index (χ3v) is 6.37. The Hall–Kier alpha value is -3.49. The summed E-state index contributed by atoms with van der Waals surface area (Å²) in [5.41, 5.74) is 2.40. The van der Waals surface area contributed by atoms with E-state index in [2.05, 4.69) is 5.32 Å². The van der Waals surface area contributed by atoms with Gasteiger partial charge in [-0.15, -0.1) is 0 Å². The fraction of sp³-hybridized carbons (Fsp3) is 0.115. The van der Waals surface area contributed by atoms with Crippen molar-refractivity contribution in [1.82, 2.24) is 4.90 Å². The number of hydrogen-bond donors (Lipinski definition) is 1. The Morgan fingerprint density at radius 3 is 2.59 bits per heavy atom. The van der Waals surface area contributed by atoms with Crippen molar-refractivity contribution in [2.75, 3.05) is 18.5 Å². The molecule has 0 spiro atoms. The molecule has 34 heavy (non-hydrogen) atoms. The first-order valence-corrected chi connectivity index (χ1v) is 11.8. The number of rotatable bonds is 8. The molecule has 1 aliphatic heterocycles. The second-order valence-corrected chi connectivity index (χ2v) is 9.16. The molecular formula is C26H21FN2O3S2. The van der Waals surface area contributed by atoms with Crippen molar-refractivity contribution in [2.45, 2.75) is 6.42 Å². The highest BCUT2D eigenvalue weighted by molar-refractivity contribution is 8.26. The summed E-state index contributed by atoms with van der Waals surface area (Å²) in [6.07, 6.45) is 2.50. The zero-order chi connectivity index (χ0) is 23.9. The molecule has 0 aliphatic carbocycles. The number of carbonyl (C=O) groups excluding carboxylic acids is 2. The summed E-state index contributed by atoms with van der Waals surface area (Å²) in [5.74, 6) is -0.367. The lowest BCUT2D eigenvalue weighted by atomic mass is 10.1. The number of amides is 2. The van der Waals surface area contributed by atoms with Crippen molar-refractivity contribution in [2.24, 2.45) is 0 Å². The highest BCUT2D eigenvalue weighted by atomic mass is 32.2. The van der Waals surface area contributed by atoms with Crippen LogP contribution >= 0.6 is 24.0 Å². The Labute approximate surface area is 206 Å². The molecule has 172 valence electrons. The van der Waals surface area contributed by atoms with E-state index in [1.54, 1.807) is 29.2 Å². The Kier molecular flexibility index (Phi) is 7.72. The minimum absolute atomic E-state index is 0.115. The highest BCUT2D eigenvalue weighted by Gasteiger charge is 2.31. The molecule has 2 amide bonds. The maximum Gasteiger partial charge on any atom is 0.266 e. The minimum atomic E-state index is -0.376. The summed E-state index contributed by atoms with van der Waals surface area (Å²) in [7, 11) is 0. The number of carbonyl (C=O) groups is 2. The SMILES string of the molecule is O=C(COc1cccc(/C=C2\SC(=S)N(CCc3ccccc3)C2=O)c1)Nc1ccc(F)cc1. The van der Waals surface area contributed by atoms with Crippen LogP contribution in [0.1, 0.15) is 11.1 Å². The van der Waals surface area contributed by atoms with Gasteiger partial charge in [0.15, 0.2) is 6.61 Å².